The van der Waals surface area contributed by atoms with Crippen LogP contribution < -0.4 is 0 Å². The van der Waals surface area contributed by atoms with Gasteiger partial charge in [-0.3, -0.25) is 4.39 Å². The second-order valence-corrected chi connectivity index (χ2v) is 2.44. The number of hydrogen-bond donors (Lipinski definition) is 0. The van der Waals surface area contributed by atoms with Gasteiger partial charge in [-0.15, -0.1) is 0 Å². The standard InChI is InChI=1S/C7H9F5/c1-2-6(9,10)5-7(11,12)3-4-8/h2H,1,3-5H2. The van der Waals surface area contributed by atoms with Gasteiger partial charge in [0.2, 0.25) is 0 Å². The van der Waals surface area contributed by atoms with Crippen molar-refractivity contribution in [1.82, 2.24) is 0 Å². The Balaban J connectivity index is 4.12. The number of alkyl halides is 5. The maximum Gasteiger partial charge on any atom is 0.271 e. The molecule has 0 N–H and O–H groups in total. The number of rotatable bonds is 5. The summed E-state index contributed by atoms with van der Waals surface area (Å²) >= 11 is 0. The third-order valence-corrected chi connectivity index (χ3v) is 1.25. The first-order valence-electron chi connectivity index (χ1n) is 3.28. The van der Waals surface area contributed by atoms with Crippen LogP contribution in [0.4, 0.5) is 22.0 Å². The molecule has 0 unspecified atom stereocenters. The molecule has 0 bridgehead atoms. The molecular formula is C7H9F5. The molecule has 0 atom stereocenters. The summed E-state index contributed by atoms with van der Waals surface area (Å²) in [5.74, 6) is -7.29. The van der Waals surface area contributed by atoms with Crippen molar-refractivity contribution in [2.75, 3.05) is 6.67 Å². The predicted molar refractivity (Wildman–Crippen MR) is 35.3 cm³/mol. The molecule has 0 aromatic carbocycles. The monoisotopic (exact) mass is 188 g/mol. The van der Waals surface area contributed by atoms with Crippen LogP contribution in [0.15, 0.2) is 12.7 Å². The zero-order chi connectivity index (χ0) is 9.83. The molecule has 0 rings (SSSR count). The van der Waals surface area contributed by atoms with E-state index in [-0.39, 0.29) is 6.08 Å². The summed E-state index contributed by atoms with van der Waals surface area (Å²) in [6.45, 7) is 1.39. The van der Waals surface area contributed by atoms with Crippen LogP contribution in [-0.2, 0) is 0 Å². The third-order valence-electron chi connectivity index (χ3n) is 1.25. The summed E-state index contributed by atoms with van der Waals surface area (Å²) in [5, 5.41) is 0. The minimum Gasteiger partial charge on any atom is -0.251 e. The van der Waals surface area contributed by atoms with Crippen molar-refractivity contribution < 1.29 is 22.0 Å². The Labute approximate surface area is 67.1 Å². The summed E-state index contributed by atoms with van der Waals surface area (Å²) in [7, 11) is 0. The lowest BCUT2D eigenvalue weighted by atomic mass is 10.1. The number of allylic oxidation sites excluding steroid dienone is 1. The number of halogens is 5. The molecule has 0 radical (unpaired) electrons. The maximum absolute atomic E-state index is 12.3. The highest BCUT2D eigenvalue weighted by Crippen LogP contribution is 2.33. The molecule has 0 aliphatic rings. The average molecular weight is 188 g/mol. The molecular weight excluding hydrogens is 179 g/mol. The zero-order valence-electron chi connectivity index (χ0n) is 6.30. The molecule has 0 aromatic rings. The van der Waals surface area contributed by atoms with Crippen LogP contribution in [0.3, 0.4) is 0 Å². The zero-order valence-corrected chi connectivity index (χ0v) is 6.30. The van der Waals surface area contributed by atoms with Crippen molar-refractivity contribution in [3.63, 3.8) is 0 Å². The van der Waals surface area contributed by atoms with Crippen LogP contribution in [0.2, 0.25) is 0 Å². The fourth-order valence-electron chi connectivity index (χ4n) is 0.644. The van der Waals surface area contributed by atoms with E-state index in [4.69, 9.17) is 0 Å². The van der Waals surface area contributed by atoms with Gasteiger partial charge in [-0.1, -0.05) is 6.58 Å². The Morgan fingerprint density at radius 1 is 1.17 bits per heavy atom. The predicted octanol–water partition coefficient (Wildman–Crippen LogP) is 3.19. The van der Waals surface area contributed by atoms with Crippen molar-refractivity contribution in [2.24, 2.45) is 0 Å². The first kappa shape index (κ1) is 11.4. The van der Waals surface area contributed by atoms with Gasteiger partial charge >= 0.3 is 0 Å². The summed E-state index contributed by atoms with van der Waals surface area (Å²) in [6, 6.07) is 0. The minimum absolute atomic E-state index is 0.138. The Morgan fingerprint density at radius 3 is 2.00 bits per heavy atom. The Bertz CT molecular complexity index is 152. The molecule has 0 amide bonds. The van der Waals surface area contributed by atoms with Crippen LogP contribution in [0.1, 0.15) is 12.8 Å². The summed E-state index contributed by atoms with van der Waals surface area (Å²) in [6.07, 6.45) is -2.71. The fraction of sp³-hybridized carbons (Fsp3) is 0.714. The molecule has 0 nitrogen and oxygen atoms in total. The van der Waals surface area contributed by atoms with Crippen molar-refractivity contribution >= 4 is 0 Å². The summed E-state index contributed by atoms with van der Waals surface area (Å²) in [4.78, 5) is 0. The molecule has 0 aromatic heterocycles. The van der Waals surface area contributed by atoms with Gasteiger partial charge in [-0.2, -0.15) is 0 Å². The Morgan fingerprint density at radius 2 is 1.67 bits per heavy atom. The average Bonchev–Trinajstić information content (AvgIpc) is 1.85. The van der Waals surface area contributed by atoms with E-state index in [1.165, 1.54) is 0 Å². The highest BCUT2D eigenvalue weighted by Gasteiger charge is 2.40. The van der Waals surface area contributed by atoms with Gasteiger partial charge in [0.05, 0.1) is 13.1 Å². The second-order valence-electron chi connectivity index (χ2n) is 2.44. The van der Waals surface area contributed by atoms with Crippen LogP contribution in [0.25, 0.3) is 0 Å². The van der Waals surface area contributed by atoms with E-state index < -0.39 is 31.4 Å². The molecule has 0 spiro atoms. The first-order chi connectivity index (χ1) is 5.33. The van der Waals surface area contributed by atoms with Gasteiger partial charge in [-0.05, 0) is 6.08 Å². The number of hydrogen-bond acceptors (Lipinski definition) is 0. The Hall–Kier alpha value is -0.610. The van der Waals surface area contributed by atoms with Crippen LogP contribution >= 0.6 is 0 Å². The summed E-state index contributed by atoms with van der Waals surface area (Å²) < 4.78 is 60.6. The molecule has 0 saturated carbocycles. The smallest absolute Gasteiger partial charge is 0.251 e. The minimum atomic E-state index is -3.66. The lowest BCUT2D eigenvalue weighted by Crippen LogP contribution is -2.27. The quantitative estimate of drug-likeness (QED) is 0.459. The third kappa shape index (κ3) is 4.31. The summed E-state index contributed by atoms with van der Waals surface area (Å²) in [5.41, 5.74) is 0. The van der Waals surface area contributed by atoms with Gasteiger partial charge in [-0.25, -0.2) is 17.6 Å². The van der Waals surface area contributed by atoms with Gasteiger partial charge in [0.1, 0.15) is 0 Å². The SMILES string of the molecule is C=CC(F)(F)CC(F)(F)CCF. The van der Waals surface area contributed by atoms with E-state index >= 15 is 0 Å². The molecule has 72 valence electrons. The fourth-order valence-corrected chi connectivity index (χ4v) is 0.644. The van der Waals surface area contributed by atoms with Crippen molar-refractivity contribution in [2.45, 2.75) is 24.7 Å². The van der Waals surface area contributed by atoms with E-state index in [2.05, 4.69) is 6.58 Å². The topological polar surface area (TPSA) is 0 Å². The van der Waals surface area contributed by atoms with E-state index in [1.54, 1.807) is 0 Å². The lowest BCUT2D eigenvalue weighted by Gasteiger charge is -2.19. The van der Waals surface area contributed by atoms with Crippen molar-refractivity contribution in [3.05, 3.63) is 12.7 Å². The Kier molecular flexibility index (Phi) is 3.67. The highest BCUT2D eigenvalue weighted by molar-refractivity contribution is 4.91. The second kappa shape index (κ2) is 3.87. The van der Waals surface area contributed by atoms with Crippen LogP contribution in [0.5, 0.6) is 0 Å². The molecule has 0 heterocycles. The maximum atomic E-state index is 12.3. The normalized spacial score (nSPS) is 13.1. The van der Waals surface area contributed by atoms with Crippen LogP contribution in [0, 0.1) is 0 Å². The van der Waals surface area contributed by atoms with Crippen molar-refractivity contribution in [3.8, 4) is 0 Å². The molecule has 0 saturated heterocycles. The van der Waals surface area contributed by atoms with Gasteiger partial charge in [0.15, 0.2) is 0 Å². The van der Waals surface area contributed by atoms with E-state index in [9.17, 15) is 22.0 Å². The van der Waals surface area contributed by atoms with E-state index in [1.807, 2.05) is 0 Å². The van der Waals surface area contributed by atoms with Gasteiger partial charge < -0.3 is 0 Å². The molecule has 12 heavy (non-hydrogen) atoms. The van der Waals surface area contributed by atoms with Gasteiger partial charge in [0.25, 0.3) is 11.8 Å². The van der Waals surface area contributed by atoms with E-state index in [0.717, 1.165) is 0 Å². The van der Waals surface area contributed by atoms with Crippen molar-refractivity contribution in [1.29, 1.82) is 0 Å². The van der Waals surface area contributed by atoms with E-state index in [0.29, 0.717) is 0 Å². The van der Waals surface area contributed by atoms with Gasteiger partial charge in [0, 0.05) is 6.42 Å². The highest BCUT2D eigenvalue weighted by atomic mass is 19.3. The first-order valence-corrected chi connectivity index (χ1v) is 3.28. The molecule has 0 aliphatic heterocycles. The molecule has 5 heteroatoms. The molecule has 0 fully saturated rings. The lowest BCUT2D eigenvalue weighted by molar-refractivity contribution is -0.0925. The largest absolute Gasteiger partial charge is 0.271 e. The van der Waals surface area contributed by atoms with Crippen LogP contribution in [-0.4, -0.2) is 18.5 Å². The molecule has 0 aliphatic carbocycles.